The number of nitrogens with zero attached hydrogens (tertiary/aromatic N) is 2. The molecule has 2 heterocycles. The third-order valence-corrected chi connectivity index (χ3v) is 2.71. The second-order valence-electron chi connectivity index (χ2n) is 4.13. The van der Waals surface area contributed by atoms with Crippen LogP contribution in [-0.4, -0.2) is 28.2 Å². The molecule has 0 spiro atoms. The number of ether oxygens (including phenoxy) is 1. The number of methoxy groups -OCH3 is 1. The van der Waals surface area contributed by atoms with Crippen molar-refractivity contribution in [1.29, 1.82) is 0 Å². The van der Waals surface area contributed by atoms with Gasteiger partial charge in [-0.3, -0.25) is 9.20 Å². The number of esters is 1. The van der Waals surface area contributed by atoms with Crippen molar-refractivity contribution in [2.75, 3.05) is 7.11 Å². The van der Waals surface area contributed by atoms with Gasteiger partial charge in [0.1, 0.15) is 11.6 Å². The molecule has 0 amide bonds. The first-order valence-corrected chi connectivity index (χ1v) is 5.59. The summed E-state index contributed by atoms with van der Waals surface area (Å²) in [5.41, 5.74) is 1.84. The van der Waals surface area contributed by atoms with Crippen molar-refractivity contribution in [3.8, 4) is 0 Å². The highest BCUT2D eigenvalue weighted by molar-refractivity contribution is 5.95. The van der Waals surface area contributed by atoms with Crippen LogP contribution in [0.3, 0.4) is 0 Å². The zero-order chi connectivity index (χ0) is 13.3. The van der Waals surface area contributed by atoms with Gasteiger partial charge in [-0.2, -0.15) is 0 Å². The van der Waals surface area contributed by atoms with E-state index in [1.54, 1.807) is 6.07 Å². The lowest BCUT2D eigenvalue weighted by Gasteiger charge is -2.03. The highest BCUT2D eigenvalue weighted by Crippen LogP contribution is 2.17. The Balaban J connectivity index is 2.71. The van der Waals surface area contributed by atoms with E-state index in [0.717, 1.165) is 5.69 Å². The lowest BCUT2D eigenvalue weighted by atomic mass is 10.3. The third kappa shape index (κ3) is 1.99. The molecule has 0 atom stereocenters. The van der Waals surface area contributed by atoms with Crippen LogP contribution in [0.15, 0.2) is 18.2 Å². The lowest BCUT2D eigenvalue weighted by molar-refractivity contribution is -0.116. The third-order valence-electron chi connectivity index (χ3n) is 2.71. The predicted octanol–water partition coefficient (Wildman–Crippen LogP) is 1.56. The second kappa shape index (κ2) is 4.60. The summed E-state index contributed by atoms with van der Waals surface area (Å²) in [5.74, 6) is 0.0745. The van der Waals surface area contributed by atoms with Gasteiger partial charge >= 0.3 is 5.97 Å². The summed E-state index contributed by atoms with van der Waals surface area (Å²) in [7, 11) is 1.31. The number of aryl methyl sites for hydroxylation is 1. The minimum Gasteiger partial charge on any atom is -0.464 e. The van der Waals surface area contributed by atoms with Crippen LogP contribution in [0.25, 0.3) is 5.52 Å². The molecular formula is C13H14N2O3. The van der Waals surface area contributed by atoms with Crippen LogP contribution >= 0.6 is 0 Å². The van der Waals surface area contributed by atoms with Gasteiger partial charge in [0, 0.05) is 5.69 Å². The highest BCUT2D eigenvalue weighted by Gasteiger charge is 2.19. The molecule has 2 rings (SSSR count). The number of carbonyl (C=O) groups excluding carboxylic acids is 2. The van der Waals surface area contributed by atoms with Crippen LogP contribution in [0.2, 0.25) is 0 Å². The van der Waals surface area contributed by atoms with Gasteiger partial charge in [0.2, 0.25) is 0 Å². The number of aromatic nitrogens is 2. The zero-order valence-electron chi connectivity index (χ0n) is 10.6. The van der Waals surface area contributed by atoms with E-state index in [-0.39, 0.29) is 17.9 Å². The van der Waals surface area contributed by atoms with Crippen LogP contribution in [0.4, 0.5) is 0 Å². The van der Waals surface area contributed by atoms with Crippen molar-refractivity contribution in [1.82, 2.24) is 9.38 Å². The Labute approximate surface area is 104 Å². The lowest BCUT2D eigenvalue weighted by Crippen LogP contribution is -2.04. The van der Waals surface area contributed by atoms with Gasteiger partial charge in [0.25, 0.3) is 0 Å². The minimum absolute atomic E-state index is 0.00145. The van der Waals surface area contributed by atoms with Crippen molar-refractivity contribution in [2.24, 2.45) is 0 Å². The van der Waals surface area contributed by atoms with Crippen molar-refractivity contribution >= 4 is 17.3 Å². The van der Waals surface area contributed by atoms with E-state index in [2.05, 4.69) is 4.98 Å². The SMILES string of the molecule is COC(=O)c1nc(CC(C)=O)n2c(C)cccc12. The fourth-order valence-electron chi connectivity index (χ4n) is 1.97. The Bertz CT molecular complexity index is 628. The summed E-state index contributed by atoms with van der Waals surface area (Å²) in [6, 6.07) is 5.53. The molecule has 94 valence electrons. The molecule has 18 heavy (non-hydrogen) atoms. The number of imidazole rings is 1. The molecule has 5 nitrogen and oxygen atoms in total. The Kier molecular flexibility index (Phi) is 3.14. The summed E-state index contributed by atoms with van der Waals surface area (Å²) < 4.78 is 6.52. The van der Waals surface area contributed by atoms with Gasteiger partial charge in [-0.15, -0.1) is 0 Å². The average Bonchev–Trinajstić information content (AvgIpc) is 2.68. The van der Waals surface area contributed by atoms with E-state index in [9.17, 15) is 9.59 Å². The molecule has 0 fully saturated rings. The number of pyridine rings is 1. The maximum atomic E-state index is 11.7. The predicted molar refractivity (Wildman–Crippen MR) is 65.7 cm³/mol. The second-order valence-corrected chi connectivity index (χ2v) is 4.13. The van der Waals surface area contributed by atoms with E-state index in [4.69, 9.17) is 4.74 Å². The van der Waals surface area contributed by atoms with Gasteiger partial charge in [0.15, 0.2) is 5.69 Å². The van der Waals surface area contributed by atoms with Crippen LogP contribution in [0, 0.1) is 6.92 Å². The smallest absolute Gasteiger partial charge is 0.358 e. The van der Waals surface area contributed by atoms with Gasteiger partial charge in [0.05, 0.1) is 19.0 Å². The fraction of sp³-hybridized carbons (Fsp3) is 0.308. The quantitative estimate of drug-likeness (QED) is 0.771. The topological polar surface area (TPSA) is 60.7 Å². The Morgan fingerprint density at radius 1 is 1.39 bits per heavy atom. The van der Waals surface area contributed by atoms with Crippen molar-refractivity contribution in [3.05, 3.63) is 35.4 Å². The number of ketones is 1. The Morgan fingerprint density at radius 2 is 2.11 bits per heavy atom. The van der Waals surface area contributed by atoms with Gasteiger partial charge in [-0.25, -0.2) is 9.78 Å². The largest absolute Gasteiger partial charge is 0.464 e. The summed E-state index contributed by atoms with van der Waals surface area (Å²) in [5, 5.41) is 0. The van der Waals surface area contributed by atoms with Crippen LogP contribution in [0.1, 0.15) is 28.9 Å². The maximum absolute atomic E-state index is 11.7. The molecule has 0 aliphatic rings. The monoisotopic (exact) mass is 246 g/mol. The first-order chi connectivity index (χ1) is 8.54. The summed E-state index contributed by atoms with van der Waals surface area (Å²) in [6.45, 7) is 3.40. The molecule has 0 aromatic carbocycles. The number of carbonyl (C=O) groups is 2. The number of fused-ring (bicyclic) bond motifs is 1. The molecule has 0 saturated heterocycles. The van der Waals surface area contributed by atoms with E-state index < -0.39 is 5.97 Å². The molecule has 2 aromatic rings. The number of rotatable bonds is 3. The van der Waals surface area contributed by atoms with Gasteiger partial charge in [-0.05, 0) is 26.0 Å². The summed E-state index contributed by atoms with van der Waals surface area (Å²) in [4.78, 5) is 27.1. The van der Waals surface area contributed by atoms with E-state index in [1.807, 2.05) is 23.5 Å². The van der Waals surface area contributed by atoms with Gasteiger partial charge in [-0.1, -0.05) is 6.07 Å². The van der Waals surface area contributed by atoms with Crippen molar-refractivity contribution in [3.63, 3.8) is 0 Å². The van der Waals surface area contributed by atoms with E-state index in [1.165, 1.54) is 14.0 Å². The standard InChI is InChI=1S/C13H14N2O3/c1-8-5-4-6-10-12(13(17)18-3)14-11(15(8)10)7-9(2)16/h4-6H,7H2,1-3H3. The Morgan fingerprint density at radius 3 is 2.72 bits per heavy atom. The van der Waals surface area contributed by atoms with Crippen LogP contribution < -0.4 is 0 Å². The Hall–Kier alpha value is -2.17. The summed E-state index contributed by atoms with van der Waals surface area (Å²) in [6.07, 6.45) is 0.197. The normalized spacial score (nSPS) is 10.6. The zero-order valence-corrected chi connectivity index (χ0v) is 10.6. The first kappa shape index (κ1) is 12.3. The van der Waals surface area contributed by atoms with Crippen molar-refractivity contribution in [2.45, 2.75) is 20.3 Å². The van der Waals surface area contributed by atoms with Crippen LogP contribution in [-0.2, 0) is 16.0 Å². The van der Waals surface area contributed by atoms with Crippen molar-refractivity contribution < 1.29 is 14.3 Å². The molecule has 0 saturated carbocycles. The minimum atomic E-state index is -0.493. The molecule has 0 N–H and O–H groups in total. The molecule has 0 bridgehead atoms. The van der Waals surface area contributed by atoms with E-state index in [0.29, 0.717) is 11.3 Å². The molecule has 2 aromatic heterocycles. The fourth-order valence-corrected chi connectivity index (χ4v) is 1.97. The number of Topliss-reactive ketones (excluding diaryl/α,β-unsaturated/α-hetero) is 1. The molecule has 0 unspecified atom stereocenters. The first-order valence-electron chi connectivity index (χ1n) is 5.59. The van der Waals surface area contributed by atoms with Gasteiger partial charge < -0.3 is 4.74 Å². The summed E-state index contributed by atoms with van der Waals surface area (Å²) >= 11 is 0. The molecule has 0 aliphatic heterocycles. The number of hydrogen-bond acceptors (Lipinski definition) is 4. The maximum Gasteiger partial charge on any atom is 0.358 e. The highest BCUT2D eigenvalue weighted by atomic mass is 16.5. The average molecular weight is 246 g/mol. The number of hydrogen-bond donors (Lipinski definition) is 0. The van der Waals surface area contributed by atoms with E-state index >= 15 is 0 Å². The molecule has 0 radical (unpaired) electrons. The molecule has 0 aliphatic carbocycles. The molecule has 5 heteroatoms. The van der Waals surface area contributed by atoms with Crippen LogP contribution in [0.5, 0.6) is 0 Å². The molecular weight excluding hydrogens is 232 g/mol.